The molecular formula is C14H17N7O3. The molecule has 3 heterocycles. The van der Waals surface area contributed by atoms with Gasteiger partial charge in [-0.05, 0) is 20.8 Å². The fraction of sp³-hybridized carbons (Fsp3) is 0.357. The molecule has 10 nitrogen and oxygen atoms in total. The number of anilines is 1. The molecular weight excluding hydrogens is 314 g/mol. The van der Waals surface area contributed by atoms with Crippen LogP contribution in [0.25, 0.3) is 11.0 Å². The maximum atomic E-state index is 12.2. The minimum atomic E-state index is -0.674. The highest BCUT2D eigenvalue weighted by atomic mass is 16.3. The molecule has 0 saturated heterocycles. The Morgan fingerprint density at radius 3 is 2.79 bits per heavy atom. The summed E-state index contributed by atoms with van der Waals surface area (Å²) in [5.74, 6) is -0.180. The summed E-state index contributed by atoms with van der Waals surface area (Å²) in [7, 11) is 0. The number of nitrogens with zero attached hydrogens (tertiary/aromatic N) is 4. The Hall–Kier alpha value is -3.17. The van der Waals surface area contributed by atoms with Crippen LogP contribution in [0.2, 0.25) is 0 Å². The number of fused-ring (bicyclic) bond motifs is 1. The number of nitrogens with two attached hydrogens (primary N) is 1. The van der Waals surface area contributed by atoms with Gasteiger partial charge in [0.15, 0.2) is 11.3 Å². The molecule has 1 amide bonds. The summed E-state index contributed by atoms with van der Waals surface area (Å²) in [5, 5.41) is 7.54. The lowest BCUT2D eigenvalue weighted by molar-refractivity contribution is 0.0995. The monoisotopic (exact) mass is 331 g/mol. The van der Waals surface area contributed by atoms with Gasteiger partial charge in [-0.15, -0.1) is 0 Å². The van der Waals surface area contributed by atoms with Crippen molar-refractivity contribution in [3.05, 3.63) is 34.4 Å². The first-order valence-electron chi connectivity index (χ1n) is 7.22. The van der Waals surface area contributed by atoms with E-state index in [2.05, 4.69) is 25.4 Å². The predicted octanol–water partition coefficient (Wildman–Crippen LogP) is 0.574. The predicted molar refractivity (Wildman–Crippen MR) is 85.5 cm³/mol. The number of aromatic amines is 1. The second-order valence-electron chi connectivity index (χ2n) is 6.22. The van der Waals surface area contributed by atoms with Gasteiger partial charge in [0.2, 0.25) is 11.8 Å². The number of rotatable bonds is 4. The first kappa shape index (κ1) is 15.7. The van der Waals surface area contributed by atoms with Crippen molar-refractivity contribution in [2.45, 2.75) is 32.9 Å². The molecule has 0 fully saturated rings. The van der Waals surface area contributed by atoms with Gasteiger partial charge < -0.3 is 15.5 Å². The quantitative estimate of drug-likeness (QED) is 0.633. The topological polar surface area (TPSA) is 145 Å². The van der Waals surface area contributed by atoms with Crippen molar-refractivity contribution in [1.29, 1.82) is 0 Å². The van der Waals surface area contributed by atoms with Crippen LogP contribution in [-0.4, -0.2) is 30.6 Å². The molecule has 3 aromatic rings. The molecule has 0 radical (unpaired) electrons. The van der Waals surface area contributed by atoms with Crippen LogP contribution >= 0.6 is 0 Å². The first-order valence-corrected chi connectivity index (χ1v) is 7.22. The van der Waals surface area contributed by atoms with Crippen LogP contribution in [0.1, 0.15) is 37.2 Å². The Balaban J connectivity index is 1.89. The number of nitrogens with one attached hydrogen (secondary N) is 2. The molecule has 3 rings (SSSR count). The lowest BCUT2D eigenvalue weighted by atomic mass is 10.1. The highest BCUT2D eigenvalue weighted by Crippen LogP contribution is 2.18. The second-order valence-corrected chi connectivity index (χ2v) is 6.22. The van der Waals surface area contributed by atoms with Crippen molar-refractivity contribution < 1.29 is 9.21 Å². The van der Waals surface area contributed by atoms with Gasteiger partial charge in [0.25, 0.3) is 11.5 Å². The van der Waals surface area contributed by atoms with Gasteiger partial charge in [0.1, 0.15) is 11.6 Å². The van der Waals surface area contributed by atoms with Crippen molar-refractivity contribution in [3.63, 3.8) is 0 Å². The van der Waals surface area contributed by atoms with Gasteiger partial charge in [-0.3, -0.25) is 14.6 Å². The number of H-pyrrole nitrogens is 1. The molecule has 3 aromatic heterocycles. The SMILES string of the molecule is CC(C)(C)n1ncc2c(=O)[nH]c(NCc3nc(C(N)=O)co3)nc21. The number of hydrogen-bond donors (Lipinski definition) is 3. The van der Waals surface area contributed by atoms with Crippen LogP contribution in [-0.2, 0) is 12.1 Å². The molecule has 0 unspecified atom stereocenters. The highest BCUT2D eigenvalue weighted by Gasteiger charge is 2.20. The number of hydrogen-bond acceptors (Lipinski definition) is 7. The maximum absolute atomic E-state index is 12.2. The van der Waals surface area contributed by atoms with Crippen LogP contribution in [0.5, 0.6) is 0 Å². The molecule has 0 aliphatic rings. The zero-order valence-electron chi connectivity index (χ0n) is 13.5. The summed E-state index contributed by atoms with van der Waals surface area (Å²) in [4.78, 5) is 34.1. The lowest BCUT2D eigenvalue weighted by Crippen LogP contribution is -2.24. The Bertz CT molecular complexity index is 961. The average Bonchev–Trinajstić information content (AvgIpc) is 3.11. The van der Waals surface area contributed by atoms with E-state index >= 15 is 0 Å². The standard InChI is InChI=1S/C14H17N7O3/c1-14(2,3)21-11-7(4-17-21)12(23)20-13(19-11)16-5-9-18-8(6-24-9)10(15)22/h4,6H,5H2,1-3H3,(H2,15,22)(H2,16,19,20,23). The summed E-state index contributed by atoms with van der Waals surface area (Å²) < 4.78 is 6.80. The summed E-state index contributed by atoms with van der Waals surface area (Å²) in [6, 6.07) is 0. The van der Waals surface area contributed by atoms with Gasteiger partial charge in [0, 0.05) is 0 Å². The minimum absolute atomic E-state index is 0.0366. The molecule has 0 atom stereocenters. The van der Waals surface area contributed by atoms with Gasteiger partial charge >= 0.3 is 0 Å². The molecule has 4 N–H and O–H groups in total. The number of primary amides is 1. The second kappa shape index (κ2) is 5.48. The van der Waals surface area contributed by atoms with E-state index in [0.717, 1.165) is 0 Å². The van der Waals surface area contributed by atoms with E-state index in [-0.39, 0.29) is 35.2 Å². The normalized spacial score (nSPS) is 11.8. The number of aromatic nitrogens is 5. The smallest absolute Gasteiger partial charge is 0.270 e. The van der Waals surface area contributed by atoms with E-state index < -0.39 is 5.91 Å². The van der Waals surface area contributed by atoms with Crippen molar-refractivity contribution in [2.24, 2.45) is 5.73 Å². The van der Waals surface area contributed by atoms with Crippen molar-refractivity contribution >= 4 is 22.9 Å². The van der Waals surface area contributed by atoms with Crippen LogP contribution < -0.4 is 16.6 Å². The molecule has 0 aromatic carbocycles. The van der Waals surface area contributed by atoms with Crippen LogP contribution in [0.15, 0.2) is 21.7 Å². The fourth-order valence-corrected chi connectivity index (χ4v) is 2.16. The Kier molecular flexibility index (Phi) is 3.59. The Labute approximate surface area is 136 Å². The number of amides is 1. The summed E-state index contributed by atoms with van der Waals surface area (Å²) in [6.07, 6.45) is 2.66. The summed E-state index contributed by atoms with van der Waals surface area (Å²) in [6.45, 7) is 6.03. The van der Waals surface area contributed by atoms with Gasteiger partial charge in [-0.25, -0.2) is 9.67 Å². The fourth-order valence-electron chi connectivity index (χ4n) is 2.16. The molecule has 0 spiro atoms. The van der Waals surface area contributed by atoms with E-state index in [9.17, 15) is 9.59 Å². The summed E-state index contributed by atoms with van der Waals surface area (Å²) in [5.41, 5.74) is 5.00. The number of carbonyl (C=O) groups excluding carboxylic acids is 1. The largest absolute Gasteiger partial charge is 0.446 e. The lowest BCUT2D eigenvalue weighted by Gasteiger charge is -2.19. The third kappa shape index (κ3) is 2.85. The highest BCUT2D eigenvalue weighted by molar-refractivity contribution is 5.90. The molecule has 0 saturated carbocycles. The van der Waals surface area contributed by atoms with E-state index in [0.29, 0.717) is 11.0 Å². The van der Waals surface area contributed by atoms with E-state index in [1.54, 1.807) is 4.68 Å². The molecule has 126 valence electrons. The van der Waals surface area contributed by atoms with Gasteiger partial charge in [-0.2, -0.15) is 10.1 Å². The van der Waals surface area contributed by atoms with E-state index in [1.165, 1.54) is 12.5 Å². The third-order valence-electron chi connectivity index (χ3n) is 3.28. The average molecular weight is 331 g/mol. The molecule has 10 heteroatoms. The van der Waals surface area contributed by atoms with Crippen molar-refractivity contribution in [2.75, 3.05) is 5.32 Å². The zero-order valence-corrected chi connectivity index (χ0v) is 13.5. The van der Waals surface area contributed by atoms with Gasteiger partial charge in [-0.1, -0.05) is 0 Å². The zero-order chi connectivity index (χ0) is 17.5. The minimum Gasteiger partial charge on any atom is -0.446 e. The summed E-state index contributed by atoms with van der Waals surface area (Å²) >= 11 is 0. The Morgan fingerprint density at radius 2 is 2.17 bits per heavy atom. The first-order chi connectivity index (χ1) is 11.3. The Morgan fingerprint density at radius 1 is 1.42 bits per heavy atom. The molecule has 0 bridgehead atoms. The number of oxazole rings is 1. The third-order valence-corrected chi connectivity index (χ3v) is 3.28. The van der Waals surface area contributed by atoms with Gasteiger partial charge in [0.05, 0.1) is 18.3 Å². The molecule has 0 aliphatic heterocycles. The number of carbonyl (C=O) groups is 1. The maximum Gasteiger partial charge on any atom is 0.270 e. The van der Waals surface area contributed by atoms with Crippen LogP contribution in [0.3, 0.4) is 0 Å². The van der Waals surface area contributed by atoms with Crippen LogP contribution in [0.4, 0.5) is 5.95 Å². The van der Waals surface area contributed by atoms with E-state index in [1.807, 2.05) is 20.8 Å². The molecule has 24 heavy (non-hydrogen) atoms. The van der Waals surface area contributed by atoms with Crippen molar-refractivity contribution in [3.8, 4) is 0 Å². The van der Waals surface area contributed by atoms with E-state index in [4.69, 9.17) is 10.2 Å². The van der Waals surface area contributed by atoms with Crippen LogP contribution in [0, 0.1) is 0 Å². The molecule has 0 aliphatic carbocycles. The van der Waals surface area contributed by atoms with Crippen molar-refractivity contribution in [1.82, 2.24) is 24.7 Å².